The van der Waals surface area contributed by atoms with E-state index in [0.29, 0.717) is 6.42 Å². The van der Waals surface area contributed by atoms with Gasteiger partial charge in [0, 0.05) is 26.9 Å². The highest BCUT2D eigenvalue weighted by molar-refractivity contribution is 9.10. The van der Waals surface area contributed by atoms with Gasteiger partial charge >= 0.3 is 0 Å². The van der Waals surface area contributed by atoms with Crippen LogP contribution in [0.4, 0.5) is 0 Å². The zero-order valence-corrected chi connectivity index (χ0v) is 14.5. The molecule has 0 radical (unpaired) electrons. The van der Waals surface area contributed by atoms with Gasteiger partial charge in [-0.3, -0.25) is 4.79 Å². The standard InChI is InChI=1S/C17H17BrO2S/c1-3-21-15-7-4-12(5-8-15)16(19)11-13-10-14(18)6-9-17(13)20-2/h4-10H,3,11H2,1-2H3. The van der Waals surface area contributed by atoms with E-state index in [4.69, 9.17) is 4.74 Å². The molecule has 0 unspecified atom stereocenters. The van der Waals surface area contributed by atoms with Crippen LogP contribution in [0.2, 0.25) is 0 Å². The van der Waals surface area contributed by atoms with Crippen LogP contribution >= 0.6 is 27.7 Å². The smallest absolute Gasteiger partial charge is 0.167 e. The van der Waals surface area contributed by atoms with Crippen molar-refractivity contribution in [3.63, 3.8) is 0 Å². The molecule has 0 aliphatic carbocycles. The summed E-state index contributed by atoms with van der Waals surface area (Å²) in [6, 6.07) is 13.5. The van der Waals surface area contributed by atoms with Crippen LogP contribution in [0.3, 0.4) is 0 Å². The first-order chi connectivity index (χ1) is 10.1. The topological polar surface area (TPSA) is 26.3 Å². The Morgan fingerprint density at radius 2 is 1.90 bits per heavy atom. The lowest BCUT2D eigenvalue weighted by Gasteiger charge is -2.09. The second-order valence-corrected chi connectivity index (χ2v) is 6.77. The van der Waals surface area contributed by atoms with Gasteiger partial charge in [-0.25, -0.2) is 0 Å². The Bertz CT molecular complexity index is 623. The third-order valence-electron chi connectivity index (χ3n) is 3.08. The molecular weight excluding hydrogens is 348 g/mol. The van der Waals surface area contributed by atoms with Gasteiger partial charge in [-0.05, 0) is 36.1 Å². The first-order valence-corrected chi connectivity index (χ1v) is 8.50. The molecule has 110 valence electrons. The Morgan fingerprint density at radius 3 is 2.52 bits per heavy atom. The second kappa shape index (κ2) is 7.66. The van der Waals surface area contributed by atoms with Crippen LogP contribution in [-0.4, -0.2) is 18.6 Å². The fraction of sp³-hybridized carbons (Fsp3) is 0.235. The fourth-order valence-electron chi connectivity index (χ4n) is 2.06. The van der Waals surface area contributed by atoms with E-state index in [1.165, 1.54) is 4.90 Å². The van der Waals surface area contributed by atoms with Crippen LogP contribution in [0.5, 0.6) is 5.75 Å². The maximum Gasteiger partial charge on any atom is 0.167 e. The first-order valence-electron chi connectivity index (χ1n) is 6.72. The number of hydrogen-bond donors (Lipinski definition) is 0. The third-order valence-corrected chi connectivity index (χ3v) is 4.47. The van der Waals surface area contributed by atoms with Crippen molar-refractivity contribution >= 4 is 33.5 Å². The van der Waals surface area contributed by atoms with Crippen LogP contribution in [0.25, 0.3) is 0 Å². The zero-order chi connectivity index (χ0) is 15.2. The molecule has 2 aromatic rings. The van der Waals surface area contributed by atoms with Gasteiger partial charge in [0.25, 0.3) is 0 Å². The van der Waals surface area contributed by atoms with Gasteiger partial charge in [-0.2, -0.15) is 0 Å². The number of carbonyl (C=O) groups excluding carboxylic acids is 1. The van der Waals surface area contributed by atoms with E-state index in [-0.39, 0.29) is 5.78 Å². The summed E-state index contributed by atoms with van der Waals surface area (Å²) < 4.78 is 6.26. The van der Waals surface area contributed by atoms with Gasteiger partial charge in [0.15, 0.2) is 5.78 Å². The molecule has 2 aromatic carbocycles. The summed E-state index contributed by atoms with van der Waals surface area (Å²) in [4.78, 5) is 13.6. The average Bonchev–Trinajstić information content (AvgIpc) is 2.48. The van der Waals surface area contributed by atoms with Crippen molar-refractivity contribution in [2.45, 2.75) is 18.2 Å². The van der Waals surface area contributed by atoms with Gasteiger partial charge in [0.2, 0.25) is 0 Å². The van der Waals surface area contributed by atoms with Gasteiger partial charge in [-0.15, -0.1) is 11.8 Å². The molecule has 0 aromatic heterocycles. The SMILES string of the molecule is CCSc1ccc(C(=O)Cc2cc(Br)ccc2OC)cc1. The largest absolute Gasteiger partial charge is 0.496 e. The minimum absolute atomic E-state index is 0.0967. The summed E-state index contributed by atoms with van der Waals surface area (Å²) in [7, 11) is 1.62. The van der Waals surface area contributed by atoms with Crippen LogP contribution < -0.4 is 4.74 Å². The fourth-order valence-corrected chi connectivity index (χ4v) is 3.13. The van der Waals surface area contributed by atoms with E-state index >= 15 is 0 Å². The normalized spacial score (nSPS) is 10.4. The number of benzene rings is 2. The predicted octanol–water partition coefficient (Wildman–Crippen LogP) is 5.00. The van der Waals surface area contributed by atoms with Crippen molar-refractivity contribution in [2.24, 2.45) is 0 Å². The first kappa shape index (κ1) is 16.1. The monoisotopic (exact) mass is 364 g/mol. The molecule has 0 saturated heterocycles. The van der Waals surface area contributed by atoms with Gasteiger partial charge in [-0.1, -0.05) is 35.0 Å². The highest BCUT2D eigenvalue weighted by Gasteiger charge is 2.11. The summed E-state index contributed by atoms with van der Waals surface area (Å²) in [5, 5.41) is 0. The number of Topliss-reactive ketones (excluding diaryl/α,β-unsaturated/α-hetero) is 1. The molecule has 2 nitrogen and oxygen atoms in total. The van der Waals surface area contributed by atoms with Crippen molar-refractivity contribution in [3.8, 4) is 5.75 Å². The molecule has 21 heavy (non-hydrogen) atoms. The Morgan fingerprint density at radius 1 is 1.19 bits per heavy atom. The van der Waals surface area contributed by atoms with Crippen LogP contribution in [0.1, 0.15) is 22.8 Å². The molecule has 0 fully saturated rings. The van der Waals surface area contributed by atoms with E-state index in [1.807, 2.05) is 42.5 Å². The third kappa shape index (κ3) is 4.35. The van der Waals surface area contributed by atoms with Crippen molar-refractivity contribution in [1.82, 2.24) is 0 Å². The molecule has 4 heteroatoms. The number of halogens is 1. The summed E-state index contributed by atoms with van der Waals surface area (Å²) in [6.45, 7) is 2.11. The quantitative estimate of drug-likeness (QED) is 0.533. The molecule has 0 N–H and O–H groups in total. The Kier molecular flexibility index (Phi) is 5.88. The van der Waals surface area contributed by atoms with E-state index in [2.05, 4.69) is 22.9 Å². The summed E-state index contributed by atoms with van der Waals surface area (Å²) in [5.41, 5.74) is 1.63. The van der Waals surface area contributed by atoms with Crippen LogP contribution in [-0.2, 0) is 6.42 Å². The Hall–Kier alpha value is -1.26. The number of rotatable bonds is 6. The van der Waals surface area contributed by atoms with E-state index in [1.54, 1.807) is 18.9 Å². The molecule has 0 bridgehead atoms. The average molecular weight is 365 g/mol. The van der Waals surface area contributed by atoms with Crippen LogP contribution in [0, 0.1) is 0 Å². The number of thioether (sulfide) groups is 1. The number of ketones is 1. The highest BCUT2D eigenvalue weighted by atomic mass is 79.9. The van der Waals surface area contributed by atoms with Gasteiger partial charge < -0.3 is 4.74 Å². The summed E-state index contributed by atoms with van der Waals surface area (Å²) in [6.07, 6.45) is 0.336. The number of hydrogen-bond acceptors (Lipinski definition) is 3. The summed E-state index contributed by atoms with van der Waals surface area (Å²) in [5.74, 6) is 1.87. The zero-order valence-electron chi connectivity index (χ0n) is 12.1. The maximum atomic E-state index is 12.4. The lowest BCUT2D eigenvalue weighted by molar-refractivity contribution is 0.0992. The molecule has 0 spiro atoms. The number of ether oxygens (including phenoxy) is 1. The van der Waals surface area contributed by atoms with Crippen molar-refractivity contribution in [3.05, 3.63) is 58.1 Å². The maximum absolute atomic E-state index is 12.4. The molecular formula is C17H17BrO2S. The van der Waals surface area contributed by atoms with E-state index in [9.17, 15) is 4.79 Å². The van der Waals surface area contributed by atoms with E-state index in [0.717, 1.165) is 27.1 Å². The lowest BCUT2D eigenvalue weighted by atomic mass is 10.0. The predicted molar refractivity (Wildman–Crippen MR) is 91.6 cm³/mol. The number of carbonyl (C=O) groups is 1. The van der Waals surface area contributed by atoms with Crippen molar-refractivity contribution < 1.29 is 9.53 Å². The Labute approximate surface area is 138 Å². The molecule has 0 aliphatic rings. The molecule has 2 rings (SSSR count). The molecule has 0 heterocycles. The minimum atomic E-state index is 0.0967. The number of methoxy groups -OCH3 is 1. The molecule has 0 aliphatic heterocycles. The minimum Gasteiger partial charge on any atom is -0.496 e. The lowest BCUT2D eigenvalue weighted by Crippen LogP contribution is -2.05. The van der Waals surface area contributed by atoms with E-state index < -0.39 is 0 Å². The summed E-state index contributed by atoms with van der Waals surface area (Å²) >= 11 is 5.20. The van der Waals surface area contributed by atoms with Crippen LogP contribution in [0.15, 0.2) is 51.8 Å². The van der Waals surface area contributed by atoms with Gasteiger partial charge in [0.1, 0.15) is 5.75 Å². The van der Waals surface area contributed by atoms with Gasteiger partial charge in [0.05, 0.1) is 7.11 Å². The molecule has 0 amide bonds. The van der Waals surface area contributed by atoms with Crippen molar-refractivity contribution in [2.75, 3.05) is 12.9 Å². The Balaban J connectivity index is 2.15. The van der Waals surface area contributed by atoms with Crippen molar-refractivity contribution in [1.29, 1.82) is 0 Å². The second-order valence-electron chi connectivity index (χ2n) is 4.51. The highest BCUT2D eigenvalue weighted by Crippen LogP contribution is 2.25. The molecule has 0 saturated carbocycles. The molecule has 0 atom stereocenters.